The molecule has 3 N–H and O–H groups in total. The number of nitrogens with one attached hydrogen (secondary N) is 2. The average Bonchev–Trinajstić information content (AvgIpc) is 2.75. The zero-order chi connectivity index (χ0) is 22.3. The summed E-state index contributed by atoms with van der Waals surface area (Å²) in [6.07, 6.45) is 2.49. The molecule has 1 fully saturated rings. The molecule has 1 aromatic carbocycles. The Bertz CT molecular complexity index is 957. The van der Waals surface area contributed by atoms with Crippen molar-refractivity contribution >= 4 is 15.9 Å². The molecule has 1 amide bonds. The summed E-state index contributed by atoms with van der Waals surface area (Å²) in [5.41, 5.74) is 0.686. The second kappa shape index (κ2) is 10.8. The van der Waals surface area contributed by atoms with Gasteiger partial charge < -0.3 is 15.2 Å². The maximum atomic E-state index is 13.1. The number of aromatic nitrogens is 1. The number of aliphatic hydroxyl groups excluding tert-OH is 1. The molecule has 1 aliphatic heterocycles. The first kappa shape index (κ1) is 23.3. The Labute approximate surface area is 180 Å². The van der Waals surface area contributed by atoms with E-state index in [0.717, 1.165) is 12.1 Å². The second-order valence-electron chi connectivity index (χ2n) is 7.37. The van der Waals surface area contributed by atoms with Crippen molar-refractivity contribution in [2.45, 2.75) is 48.8 Å². The van der Waals surface area contributed by atoms with E-state index in [1.54, 1.807) is 18.3 Å². The van der Waals surface area contributed by atoms with Gasteiger partial charge in [-0.3, -0.25) is 9.78 Å². The van der Waals surface area contributed by atoms with Crippen LogP contribution >= 0.6 is 0 Å². The number of ether oxygens (including phenoxy) is 1. The maximum absolute atomic E-state index is 13.1. The standard InChI is InChI=1S/C21H26FN3O5S/c22-15-4-7-18(8-5-15)31(28,29)25-19-9-6-17(30-20(19)14-26)10-12-24-21(27)13-16-3-1-2-11-23-16/h1-5,7-8,11,17,19-20,25-26H,6,9-10,12-14H2,(H,24,27)/t17-,19-,20+/m1/s1. The number of carbonyl (C=O) groups is 1. The largest absolute Gasteiger partial charge is 0.394 e. The van der Waals surface area contributed by atoms with Gasteiger partial charge in [-0.2, -0.15) is 0 Å². The van der Waals surface area contributed by atoms with Crippen LogP contribution in [-0.4, -0.2) is 55.8 Å². The van der Waals surface area contributed by atoms with E-state index in [0.29, 0.717) is 31.5 Å². The Morgan fingerprint density at radius 3 is 2.65 bits per heavy atom. The molecule has 168 valence electrons. The van der Waals surface area contributed by atoms with Crippen molar-refractivity contribution in [1.29, 1.82) is 0 Å². The number of halogens is 1. The van der Waals surface area contributed by atoms with Gasteiger partial charge in [-0.15, -0.1) is 0 Å². The molecule has 1 aromatic heterocycles. The van der Waals surface area contributed by atoms with Gasteiger partial charge in [0, 0.05) is 18.4 Å². The molecule has 3 rings (SSSR count). The van der Waals surface area contributed by atoms with Gasteiger partial charge in [0.15, 0.2) is 0 Å². The summed E-state index contributed by atoms with van der Waals surface area (Å²) in [6.45, 7) is 0.0552. The van der Waals surface area contributed by atoms with Crippen LogP contribution in [0.1, 0.15) is 25.0 Å². The van der Waals surface area contributed by atoms with Crippen LogP contribution in [0.5, 0.6) is 0 Å². The molecule has 8 nitrogen and oxygen atoms in total. The third-order valence-corrected chi connectivity index (χ3v) is 6.59. The number of sulfonamides is 1. The molecule has 0 unspecified atom stereocenters. The number of rotatable bonds is 9. The average molecular weight is 452 g/mol. The van der Waals surface area contributed by atoms with Gasteiger partial charge in [0.05, 0.1) is 36.2 Å². The number of aliphatic hydroxyl groups is 1. The van der Waals surface area contributed by atoms with E-state index >= 15 is 0 Å². The van der Waals surface area contributed by atoms with E-state index in [-0.39, 0.29) is 29.9 Å². The number of hydrogen-bond donors (Lipinski definition) is 3. The molecule has 0 saturated carbocycles. The lowest BCUT2D eigenvalue weighted by molar-refractivity contribution is -0.121. The molecule has 0 spiro atoms. The van der Waals surface area contributed by atoms with E-state index in [4.69, 9.17) is 4.74 Å². The lowest BCUT2D eigenvalue weighted by atomic mass is 9.98. The fourth-order valence-electron chi connectivity index (χ4n) is 3.46. The van der Waals surface area contributed by atoms with E-state index in [2.05, 4.69) is 15.0 Å². The topological polar surface area (TPSA) is 118 Å². The van der Waals surface area contributed by atoms with Gasteiger partial charge in [-0.25, -0.2) is 17.5 Å². The number of hydrogen-bond acceptors (Lipinski definition) is 6. The Balaban J connectivity index is 1.46. The van der Waals surface area contributed by atoms with Crippen molar-refractivity contribution in [2.24, 2.45) is 0 Å². The van der Waals surface area contributed by atoms with Crippen molar-refractivity contribution in [3.63, 3.8) is 0 Å². The molecule has 10 heteroatoms. The number of amides is 1. The maximum Gasteiger partial charge on any atom is 0.240 e. The number of pyridine rings is 1. The van der Waals surface area contributed by atoms with Crippen LogP contribution in [0.25, 0.3) is 0 Å². The predicted molar refractivity (Wildman–Crippen MR) is 111 cm³/mol. The van der Waals surface area contributed by atoms with E-state index in [9.17, 15) is 22.7 Å². The molecule has 2 heterocycles. The minimum absolute atomic E-state index is 0.0525. The first-order chi connectivity index (χ1) is 14.9. The fourth-order valence-corrected chi connectivity index (χ4v) is 4.76. The Hall–Kier alpha value is -2.40. The van der Waals surface area contributed by atoms with E-state index in [1.165, 1.54) is 12.1 Å². The Kier molecular flexibility index (Phi) is 8.08. The molecule has 2 aromatic rings. The Morgan fingerprint density at radius 2 is 1.97 bits per heavy atom. The normalized spacial score (nSPS) is 21.5. The first-order valence-corrected chi connectivity index (χ1v) is 11.6. The zero-order valence-corrected chi connectivity index (χ0v) is 17.7. The number of nitrogens with zero attached hydrogens (tertiary/aromatic N) is 1. The zero-order valence-electron chi connectivity index (χ0n) is 16.9. The highest BCUT2D eigenvalue weighted by atomic mass is 32.2. The summed E-state index contributed by atoms with van der Waals surface area (Å²) in [5.74, 6) is -0.665. The van der Waals surface area contributed by atoms with Crippen molar-refractivity contribution in [2.75, 3.05) is 13.2 Å². The minimum atomic E-state index is -3.87. The lowest BCUT2D eigenvalue weighted by Crippen LogP contribution is -2.51. The summed E-state index contributed by atoms with van der Waals surface area (Å²) < 4.78 is 46.5. The predicted octanol–water partition coefficient (Wildman–Crippen LogP) is 1.16. The molecular formula is C21H26FN3O5S. The van der Waals surface area contributed by atoms with E-state index < -0.39 is 28.0 Å². The van der Waals surface area contributed by atoms with Crippen LogP contribution in [0.4, 0.5) is 4.39 Å². The van der Waals surface area contributed by atoms with Crippen molar-refractivity contribution in [3.8, 4) is 0 Å². The second-order valence-corrected chi connectivity index (χ2v) is 9.09. The minimum Gasteiger partial charge on any atom is -0.394 e. The van der Waals surface area contributed by atoms with Crippen LogP contribution in [0.2, 0.25) is 0 Å². The third-order valence-electron chi connectivity index (χ3n) is 5.08. The molecule has 1 aliphatic rings. The summed E-state index contributed by atoms with van der Waals surface area (Å²) in [4.78, 5) is 16.1. The highest BCUT2D eigenvalue weighted by molar-refractivity contribution is 7.89. The van der Waals surface area contributed by atoms with Crippen LogP contribution in [0.15, 0.2) is 53.6 Å². The first-order valence-electron chi connectivity index (χ1n) is 10.1. The van der Waals surface area contributed by atoms with Gasteiger partial charge in [-0.05, 0) is 55.7 Å². The van der Waals surface area contributed by atoms with Crippen molar-refractivity contribution in [3.05, 3.63) is 60.2 Å². The van der Waals surface area contributed by atoms with Gasteiger partial charge in [-0.1, -0.05) is 6.07 Å². The molecule has 0 radical (unpaired) electrons. The van der Waals surface area contributed by atoms with Crippen molar-refractivity contribution < 1.29 is 27.4 Å². The highest BCUT2D eigenvalue weighted by Gasteiger charge is 2.33. The summed E-state index contributed by atoms with van der Waals surface area (Å²) in [7, 11) is -3.87. The molecular weight excluding hydrogens is 425 g/mol. The van der Waals surface area contributed by atoms with Gasteiger partial charge in [0.1, 0.15) is 5.82 Å². The summed E-state index contributed by atoms with van der Waals surface area (Å²) in [5, 5.41) is 12.5. The molecule has 0 aliphatic carbocycles. The molecule has 0 bridgehead atoms. The van der Waals surface area contributed by atoms with Gasteiger partial charge >= 0.3 is 0 Å². The number of carbonyl (C=O) groups excluding carboxylic acids is 1. The third kappa shape index (κ3) is 6.79. The number of benzene rings is 1. The summed E-state index contributed by atoms with van der Waals surface area (Å²) in [6, 6.07) is 9.31. The smallest absolute Gasteiger partial charge is 0.240 e. The van der Waals surface area contributed by atoms with Gasteiger partial charge in [0.2, 0.25) is 15.9 Å². The van der Waals surface area contributed by atoms with Crippen LogP contribution in [0.3, 0.4) is 0 Å². The lowest BCUT2D eigenvalue weighted by Gasteiger charge is -2.36. The van der Waals surface area contributed by atoms with Crippen LogP contribution in [0, 0.1) is 5.82 Å². The van der Waals surface area contributed by atoms with E-state index in [1.807, 2.05) is 6.07 Å². The monoisotopic (exact) mass is 451 g/mol. The summed E-state index contributed by atoms with van der Waals surface area (Å²) >= 11 is 0. The molecule has 3 atom stereocenters. The fraction of sp³-hybridized carbons (Fsp3) is 0.429. The van der Waals surface area contributed by atoms with Gasteiger partial charge in [0.25, 0.3) is 0 Å². The van der Waals surface area contributed by atoms with Crippen LogP contribution < -0.4 is 10.0 Å². The van der Waals surface area contributed by atoms with Crippen molar-refractivity contribution in [1.82, 2.24) is 15.0 Å². The highest BCUT2D eigenvalue weighted by Crippen LogP contribution is 2.23. The molecule has 1 saturated heterocycles. The quantitative estimate of drug-likeness (QED) is 0.527. The SMILES string of the molecule is O=C(Cc1ccccn1)NCC[C@H]1CC[C@@H](NS(=O)(=O)c2ccc(F)cc2)[C@H](CO)O1. The van der Waals surface area contributed by atoms with Crippen LogP contribution in [-0.2, 0) is 26.0 Å². The molecule has 31 heavy (non-hydrogen) atoms. The Morgan fingerprint density at radius 1 is 1.19 bits per heavy atom.